The van der Waals surface area contributed by atoms with Gasteiger partial charge in [-0.05, 0) is 35.2 Å². The highest BCUT2D eigenvalue weighted by Crippen LogP contribution is 2.30. The zero-order valence-corrected chi connectivity index (χ0v) is 12.6. The van der Waals surface area contributed by atoms with Crippen LogP contribution in [0.4, 0.5) is 0 Å². The molecular weight excluding hydrogens is 302 g/mol. The van der Waals surface area contributed by atoms with Gasteiger partial charge in [0.05, 0.1) is 7.11 Å². The first-order valence-corrected chi connectivity index (χ1v) is 7.20. The summed E-state index contributed by atoms with van der Waals surface area (Å²) < 4.78 is 10.9. The molecular formula is C16H13NO4S. The van der Waals surface area contributed by atoms with Crippen molar-refractivity contribution in [3.8, 4) is 17.6 Å². The first kappa shape index (κ1) is 15.6. The van der Waals surface area contributed by atoms with Gasteiger partial charge < -0.3 is 14.6 Å². The number of carboxylic acids is 1. The molecule has 0 aliphatic carbocycles. The van der Waals surface area contributed by atoms with Crippen LogP contribution in [0.1, 0.15) is 10.4 Å². The monoisotopic (exact) mass is 315 g/mol. The van der Waals surface area contributed by atoms with E-state index < -0.39 is 5.97 Å². The van der Waals surface area contributed by atoms with Crippen LogP contribution in [0.2, 0.25) is 0 Å². The Morgan fingerprint density at radius 3 is 2.82 bits per heavy atom. The highest BCUT2D eigenvalue weighted by molar-refractivity contribution is 7.09. The lowest BCUT2D eigenvalue weighted by Crippen LogP contribution is -1.98. The van der Waals surface area contributed by atoms with Gasteiger partial charge >= 0.3 is 5.97 Å². The number of hydrogen-bond acceptors (Lipinski definition) is 5. The lowest BCUT2D eigenvalue weighted by molar-refractivity contribution is -0.132. The maximum atomic E-state index is 10.8. The van der Waals surface area contributed by atoms with Gasteiger partial charge in [-0.25, -0.2) is 4.79 Å². The summed E-state index contributed by atoms with van der Waals surface area (Å²) in [6.07, 6.45) is 1.29. The van der Waals surface area contributed by atoms with E-state index in [0.717, 1.165) is 4.88 Å². The van der Waals surface area contributed by atoms with E-state index in [2.05, 4.69) is 0 Å². The zero-order chi connectivity index (χ0) is 15.9. The van der Waals surface area contributed by atoms with Gasteiger partial charge in [-0.1, -0.05) is 12.1 Å². The van der Waals surface area contributed by atoms with E-state index in [1.54, 1.807) is 35.6 Å². The molecule has 22 heavy (non-hydrogen) atoms. The molecule has 0 spiro atoms. The molecule has 1 heterocycles. The molecule has 2 rings (SSSR count). The Hall–Kier alpha value is -2.78. The number of carboxylic acid groups (broad SMARTS) is 1. The van der Waals surface area contributed by atoms with Gasteiger partial charge in [-0.3, -0.25) is 0 Å². The number of thiophene rings is 1. The van der Waals surface area contributed by atoms with Crippen LogP contribution in [-0.4, -0.2) is 18.2 Å². The lowest BCUT2D eigenvalue weighted by Gasteiger charge is -2.10. The van der Waals surface area contributed by atoms with Crippen molar-refractivity contribution in [1.82, 2.24) is 0 Å². The minimum atomic E-state index is -1.26. The van der Waals surface area contributed by atoms with Crippen LogP contribution in [0.3, 0.4) is 0 Å². The molecule has 0 radical (unpaired) electrons. The first-order valence-electron chi connectivity index (χ1n) is 6.32. The molecule has 1 aromatic heterocycles. The quantitative estimate of drug-likeness (QED) is 0.653. The molecule has 0 bridgehead atoms. The Labute approximate surface area is 131 Å². The molecule has 0 fully saturated rings. The summed E-state index contributed by atoms with van der Waals surface area (Å²) in [6.45, 7) is 0.432. The molecule has 2 aromatic rings. The van der Waals surface area contributed by atoms with Crippen molar-refractivity contribution in [3.05, 3.63) is 51.7 Å². The number of rotatable bonds is 6. The van der Waals surface area contributed by atoms with Gasteiger partial charge in [0.1, 0.15) is 18.2 Å². The largest absolute Gasteiger partial charge is 0.493 e. The second kappa shape index (κ2) is 7.29. The van der Waals surface area contributed by atoms with Crippen LogP contribution < -0.4 is 9.47 Å². The summed E-state index contributed by atoms with van der Waals surface area (Å²) in [5, 5.41) is 19.6. The molecule has 1 N–H and O–H groups in total. The fraction of sp³-hybridized carbons (Fsp3) is 0.125. The first-order chi connectivity index (χ1) is 10.6. The fourth-order valence-corrected chi connectivity index (χ4v) is 2.36. The van der Waals surface area contributed by atoms with E-state index >= 15 is 0 Å². The number of benzene rings is 1. The Morgan fingerprint density at radius 1 is 1.41 bits per heavy atom. The molecule has 1 aromatic carbocycles. The Bertz CT molecular complexity index is 729. The fourth-order valence-electron chi connectivity index (χ4n) is 1.75. The van der Waals surface area contributed by atoms with Crippen molar-refractivity contribution in [2.24, 2.45) is 0 Å². The third-order valence-corrected chi connectivity index (χ3v) is 3.65. The lowest BCUT2D eigenvalue weighted by atomic mass is 10.1. The molecule has 0 amide bonds. The summed E-state index contributed by atoms with van der Waals surface area (Å²) in [4.78, 5) is 11.9. The Kier molecular flexibility index (Phi) is 5.17. The Morgan fingerprint density at radius 2 is 2.23 bits per heavy atom. The standard InChI is InChI=1S/C16H13NO4S/c1-20-15-8-11(7-12(9-17)16(18)19)4-5-14(15)21-10-13-3-2-6-22-13/h2-8H,10H2,1H3,(H,18,19)/b12-7+. The highest BCUT2D eigenvalue weighted by atomic mass is 32.1. The zero-order valence-electron chi connectivity index (χ0n) is 11.8. The molecule has 0 saturated heterocycles. The van der Waals surface area contributed by atoms with E-state index in [-0.39, 0.29) is 5.57 Å². The maximum absolute atomic E-state index is 10.8. The maximum Gasteiger partial charge on any atom is 0.346 e. The third-order valence-electron chi connectivity index (χ3n) is 2.80. The molecule has 5 nitrogen and oxygen atoms in total. The molecule has 0 unspecified atom stereocenters. The molecule has 6 heteroatoms. The summed E-state index contributed by atoms with van der Waals surface area (Å²) in [7, 11) is 1.50. The highest BCUT2D eigenvalue weighted by Gasteiger charge is 2.09. The van der Waals surface area contributed by atoms with Gasteiger partial charge in [0.15, 0.2) is 11.5 Å². The van der Waals surface area contributed by atoms with Crippen LogP contribution >= 0.6 is 11.3 Å². The normalized spacial score (nSPS) is 10.8. The van der Waals surface area contributed by atoms with Crippen molar-refractivity contribution < 1.29 is 19.4 Å². The minimum absolute atomic E-state index is 0.339. The van der Waals surface area contributed by atoms with E-state index in [4.69, 9.17) is 19.8 Å². The predicted molar refractivity (Wildman–Crippen MR) is 82.9 cm³/mol. The molecule has 0 aliphatic rings. The number of methoxy groups -OCH3 is 1. The smallest absolute Gasteiger partial charge is 0.346 e. The summed E-state index contributed by atoms with van der Waals surface area (Å²) >= 11 is 1.60. The van der Waals surface area contributed by atoms with Crippen LogP contribution in [0, 0.1) is 11.3 Å². The van der Waals surface area contributed by atoms with Crippen molar-refractivity contribution in [2.75, 3.05) is 7.11 Å². The van der Waals surface area contributed by atoms with Crippen LogP contribution in [0.5, 0.6) is 11.5 Å². The summed E-state index contributed by atoms with van der Waals surface area (Å²) in [5.41, 5.74) is 0.216. The van der Waals surface area contributed by atoms with Gasteiger partial charge in [0.2, 0.25) is 0 Å². The summed E-state index contributed by atoms with van der Waals surface area (Å²) in [6, 6.07) is 10.5. The van der Waals surface area contributed by atoms with Crippen molar-refractivity contribution in [2.45, 2.75) is 6.61 Å². The topological polar surface area (TPSA) is 79.5 Å². The van der Waals surface area contributed by atoms with E-state index in [9.17, 15) is 4.79 Å². The van der Waals surface area contributed by atoms with E-state index in [1.807, 2.05) is 17.5 Å². The number of nitrogens with zero attached hydrogens (tertiary/aromatic N) is 1. The average Bonchev–Trinajstić information content (AvgIpc) is 3.04. The molecule has 0 saturated carbocycles. The SMILES string of the molecule is COc1cc(/C=C(\C#N)C(=O)O)ccc1OCc1cccs1. The third kappa shape index (κ3) is 3.87. The number of carbonyl (C=O) groups is 1. The second-order valence-corrected chi connectivity index (χ2v) is 5.29. The van der Waals surface area contributed by atoms with Crippen LogP contribution in [0.15, 0.2) is 41.3 Å². The second-order valence-electron chi connectivity index (χ2n) is 4.25. The number of nitriles is 1. The van der Waals surface area contributed by atoms with Gasteiger partial charge in [-0.15, -0.1) is 11.3 Å². The minimum Gasteiger partial charge on any atom is -0.493 e. The number of aliphatic carboxylic acids is 1. The Balaban J connectivity index is 2.20. The van der Waals surface area contributed by atoms with Crippen molar-refractivity contribution in [1.29, 1.82) is 5.26 Å². The van der Waals surface area contributed by atoms with Gasteiger partial charge in [-0.2, -0.15) is 5.26 Å². The van der Waals surface area contributed by atoms with Crippen molar-refractivity contribution in [3.63, 3.8) is 0 Å². The number of ether oxygens (including phenoxy) is 2. The van der Waals surface area contributed by atoms with Crippen LogP contribution in [0.25, 0.3) is 6.08 Å². The summed E-state index contributed by atoms with van der Waals surface area (Å²) in [5.74, 6) is -0.227. The van der Waals surface area contributed by atoms with Gasteiger partial charge in [0, 0.05) is 4.88 Å². The molecule has 0 aliphatic heterocycles. The van der Waals surface area contributed by atoms with Gasteiger partial charge in [0.25, 0.3) is 0 Å². The van der Waals surface area contributed by atoms with Crippen molar-refractivity contribution >= 4 is 23.4 Å². The van der Waals surface area contributed by atoms with E-state index in [0.29, 0.717) is 23.7 Å². The number of hydrogen-bond donors (Lipinski definition) is 1. The van der Waals surface area contributed by atoms with E-state index in [1.165, 1.54) is 13.2 Å². The van der Waals surface area contributed by atoms with Crippen LogP contribution in [-0.2, 0) is 11.4 Å². The predicted octanol–water partition coefficient (Wildman–Crippen LogP) is 3.33. The molecule has 0 atom stereocenters. The average molecular weight is 315 g/mol. The molecule has 112 valence electrons.